The predicted octanol–water partition coefficient (Wildman–Crippen LogP) is 1.12. The van der Waals surface area contributed by atoms with E-state index in [4.69, 9.17) is 0 Å². The summed E-state index contributed by atoms with van der Waals surface area (Å²) < 4.78 is 27.6. The lowest BCUT2D eigenvalue weighted by molar-refractivity contribution is 0.306. The second-order valence-corrected chi connectivity index (χ2v) is 9.03. The van der Waals surface area contributed by atoms with Crippen molar-refractivity contribution < 1.29 is 8.42 Å². The molecule has 0 aliphatic carbocycles. The molecule has 1 aliphatic rings. The van der Waals surface area contributed by atoms with Gasteiger partial charge in [0.2, 0.25) is 10.0 Å². The van der Waals surface area contributed by atoms with E-state index >= 15 is 0 Å². The van der Waals surface area contributed by atoms with Gasteiger partial charge in [-0.2, -0.15) is 0 Å². The number of nitrogens with one attached hydrogen (secondary N) is 2. The van der Waals surface area contributed by atoms with Gasteiger partial charge >= 0.3 is 0 Å². The standard InChI is InChI=1S/C18H28N6O2S/c1-4-27(25,26)23-10-8-15(9-11-23)22-18(19-3)20-12-16-13-24-14(2)6-5-7-17(24)21-16/h5-7,13,15H,4,8-12H2,1-3H3,(H2,19,20,22). The molecular formula is C18H28N6O2S. The molecule has 3 rings (SSSR count). The van der Waals surface area contributed by atoms with Gasteiger partial charge in [0.25, 0.3) is 0 Å². The third-order valence-electron chi connectivity index (χ3n) is 4.96. The van der Waals surface area contributed by atoms with Crippen LogP contribution in [0.5, 0.6) is 0 Å². The Bertz CT molecular complexity index is 913. The van der Waals surface area contributed by atoms with E-state index in [0.29, 0.717) is 25.6 Å². The minimum absolute atomic E-state index is 0.160. The number of pyridine rings is 1. The zero-order chi connectivity index (χ0) is 19.4. The quantitative estimate of drug-likeness (QED) is 0.588. The Morgan fingerprint density at radius 1 is 1.33 bits per heavy atom. The molecule has 8 nitrogen and oxygen atoms in total. The first-order chi connectivity index (χ1) is 12.9. The summed E-state index contributed by atoms with van der Waals surface area (Å²) in [5.74, 6) is 0.868. The first-order valence-electron chi connectivity index (χ1n) is 9.31. The van der Waals surface area contributed by atoms with Gasteiger partial charge in [0.15, 0.2) is 5.96 Å². The molecule has 9 heteroatoms. The molecule has 2 aromatic heterocycles. The van der Waals surface area contributed by atoms with Crippen molar-refractivity contribution in [3.8, 4) is 0 Å². The summed E-state index contributed by atoms with van der Waals surface area (Å²) >= 11 is 0. The first-order valence-corrected chi connectivity index (χ1v) is 10.9. The highest BCUT2D eigenvalue weighted by atomic mass is 32.2. The molecule has 0 amide bonds. The smallest absolute Gasteiger partial charge is 0.213 e. The monoisotopic (exact) mass is 392 g/mol. The maximum absolute atomic E-state index is 12.0. The van der Waals surface area contributed by atoms with Gasteiger partial charge in [-0.15, -0.1) is 0 Å². The maximum Gasteiger partial charge on any atom is 0.213 e. The van der Waals surface area contributed by atoms with Gasteiger partial charge in [-0.3, -0.25) is 4.99 Å². The zero-order valence-electron chi connectivity index (χ0n) is 16.1. The average molecular weight is 393 g/mol. The fourth-order valence-corrected chi connectivity index (χ4v) is 4.44. The minimum Gasteiger partial charge on any atom is -0.354 e. The van der Waals surface area contributed by atoms with Crippen LogP contribution in [0, 0.1) is 6.92 Å². The molecule has 148 valence electrons. The van der Waals surface area contributed by atoms with Gasteiger partial charge in [-0.05, 0) is 38.8 Å². The number of imidazole rings is 1. The topological polar surface area (TPSA) is 91.1 Å². The minimum atomic E-state index is -3.09. The lowest BCUT2D eigenvalue weighted by atomic mass is 10.1. The molecule has 27 heavy (non-hydrogen) atoms. The number of aromatic nitrogens is 2. The van der Waals surface area contributed by atoms with Gasteiger partial charge in [0.1, 0.15) is 5.65 Å². The Labute approximate surface area is 160 Å². The Hall–Kier alpha value is -2.13. The number of hydrogen-bond donors (Lipinski definition) is 2. The Morgan fingerprint density at radius 2 is 2.07 bits per heavy atom. The molecule has 1 fully saturated rings. The van der Waals surface area contributed by atoms with Crippen LogP contribution < -0.4 is 10.6 Å². The van der Waals surface area contributed by atoms with Crippen LogP contribution in [0.3, 0.4) is 0 Å². The van der Waals surface area contributed by atoms with Crippen molar-refractivity contribution in [3.63, 3.8) is 0 Å². The molecule has 0 spiro atoms. The third kappa shape index (κ3) is 4.59. The number of fused-ring (bicyclic) bond motifs is 1. The van der Waals surface area contributed by atoms with Crippen LogP contribution in [0.15, 0.2) is 29.4 Å². The summed E-state index contributed by atoms with van der Waals surface area (Å²) in [4.78, 5) is 8.90. The maximum atomic E-state index is 12.0. The van der Waals surface area contributed by atoms with Gasteiger partial charge in [0, 0.05) is 38.1 Å². The summed E-state index contributed by atoms with van der Waals surface area (Å²) in [6, 6.07) is 6.25. The van der Waals surface area contributed by atoms with Crippen molar-refractivity contribution in [2.45, 2.75) is 39.3 Å². The van der Waals surface area contributed by atoms with Crippen LogP contribution in [0.25, 0.3) is 5.65 Å². The molecule has 1 aliphatic heterocycles. The van der Waals surface area contributed by atoms with E-state index in [-0.39, 0.29) is 11.8 Å². The number of aryl methyl sites for hydroxylation is 1. The normalized spacial score (nSPS) is 17.4. The van der Waals surface area contributed by atoms with Crippen molar-refractivity contribution in [2.24, 2.45) is 4.99 Å². The van der Waals surface area contributed by atoms with Crippen molar-refractivity contribution in [3.05, 3.63) is 35.8 Å². The SMILES string of the molecule is CCS(=O)(=O)N1CCC(NC(=NC)NCc2cn3c(C)cccc3n2)CC1. The summed E-state index contributed by atoms with van der Waals surface area (Å²) in [7, 11) is -1.36. The van der Waals surface area contributed by atoms with Gasteiger partial charge < -0.3 is 15.0 Å². The number of rotatable bonds is 5. The van der Waals surface area contributed by atoms with Crippen LogP contribution in [0.4, 0.5) is 0 Å². The molecule has 0 saturated carbocycles. The highest BCUT2D eigenvalue weighted by Crippen LogP contribution is 2.14. The van der Waals surface area contributed by atoms with E-state index < -0.39 is 10.0 Å². The lowest BCUT2D eigenvalue weighted by Gasteiger charge is -2.32. The number of guanidine groups is 1. The third-order valence-corrected chi connectivity index (χ3v) is 6.84. The largest absolute Gasteiger partial charge is 0.354 e. The molecule has 2 aromatic rings. The summed E-state index contributed by atoms with van der Waals surface area (Å²) in [6.45, 7) is 5.42. The van der Waals surface area contributed by atoms with Crippen molar-refractivity contribution in [1.29, 1.82) is 0 Å². The first kappa shape index (κ1) is 19.6. The van der Waals surface area contributed by atoms with Crippen molar-refractivity contribution >= 4 is 21.6 Å². The van der Waals surface area contributed by atoms with Crippen molar-refractivity contribution in [1.82, 2.24) is 24.3 Å². The van der Waals surface area contributed by atoms with Crippen LogP contribution in [-0.4, -0.2) is 60.0 Å². The van der Waals surface area contributed by atoms with E-state index in [2.05, 4.69) is 38.0 Å². The number of sulfonamides is 1. The van der Waals surface area contributed by atoms with E-state index in [1.54, 1.807) is 18.3 Å². The van der Waals surface area contributed by atoms with Crippen LogP contribution in [-0.2, 0) is 16.6 Å². The molecule has 0 bridgehead atoms. The molecule has 3 heterocycles. The number of nitrogens with zero attached hydrogens (tertiary/aromatic N) is 4. The van der Waals surface area contributed by atoms with E-state index in [1.165, 1.54) is 0 Å². The van der Waals surface area contributed by atoms with Crippen LogP contribution >= 0.6 is 0 Å². The van der Waals surface area contributed by atoms with E-state index in [9.17, 15) is 8.42 Å². The average Bonchev–Trinajstić information content (AvgIpc) is 3.10. The fourth-order valence-electron chi connectivity index (χ4n) is 3.31. The fraction of sp³-hybridized carbons (Fsp3) is 0.556. The Morgan fingerprint density at radius 3 is 2.70 bits per heavy atom. The van der Waals surface area contributed by atoms with Crippen molar-refractivity contribution in [2.75, 3.05) is 25.9 Å². The highest BCUT2D eigenvalue weighted by Gasteiger charge is 2.27. The number of hydrogen-bond acceptors (Lipinski definition) is 4. The molecule has 0 radical (unpaired) electrons. The highest BCUT2D eigenvalue weighted by molar-refractivity contribution is 7.89. The summed E-state index contributed by atoms with van der Waals surface area (Å²) in [5.41, 5.74) is 3.01. The summed E-state index contributed by atoms with van der Waals surface area (Å²) in [5, 5.41) is 6.69. The van der Waals surface area contributed by atoms with E-state index in [0.717, 1.165) is 29.9 Å². The molecule has 1 saturated heterocycles. The van der Waals surface area contributed by atoms with Crippen LogP contribution in [0.2, 0.25) is 0 Å². The second-order valence-electron chi connectivity index (χ2n) is 6.77. The molecule has 0 atom stereocenters. The Kier molecular flexibility index (Phi) is 6.01. The van der Waals surface area contributed by atoms with Gasteiger partial charge in [0.05, 0.1) is 18.0 Å². The molecule has 0 aromatic carbocycles. The molecule has 0 unspecified atom stereocenters. The predicted molar refractivity (Wildman–Crippen MR) is 107 cm³/mol. The second kappa shape index (κ2) is 8.26. The van der Waals surface area contributed by atoms with Gasteiger partial charge in [-0.25, -0.2) is 17.7 Å². The van der Waals surface area contributed by atoms with E-state index in [1.807, 2.05) is 18.3 Å². The number of piperidine rings is 1. The summed E-state index contributed by atoms with van der Waals surface area (Å²) in [6.07, 6.45) is 3.57. The molecule has 2 N–H and O–H groups in total. The Balaban J connectivity index is 1.53. The lowest BCUT2D eigenvalue weighted by Crippen LogP contribution is -2.49. The zero-order valence-corrected chi connectivity index (χ0v) is 17.0. The van der Waals surface area contributed by atoms with Gasteiger partial charge in [-0.1, -0.05) is 6.07 Å². The molecular weight excluding hydrogens is 364 g/mol. The van der Waals surface area contributed by atoms with Crippen LogP contribution in [0.1, 0.15) is 31.2 Å². The number of aliphatic imine (C=N–C) groups is 1.